The van der Waals surface area contributed by atoms with Crippen molar-refractivity contribution < 1.29 is 19.0 Å². The molecular formula is C25H29N5O4S. The number of carbonyl (C=O) groups is 1. The summed E-state index contributed by atoms with van der Waals surface area (Å²) in [4.78, 5) is 16.8. The fraction of sp³-hybridized carbons (Fsp3) is 0.400. The second-order valence-electron chi connectivity index (χ2n) is 8.51. The fourth-order valence-electron chi connectivity index (χ4n) is 4.09. The van der Waals surface area contributed by atoms with Crippen molar-refractivity contribution in [1.82, 2.24) is 19.7 Å². The van der Waals surface area contributed by atoms with E-state index in [4.69, 9.17) is 14.2 Å². The number of amides is 1. The Bertz CT molecular complexity index is 1140. The number of hydrogen-bond acceptors (Lipinski definition) is 8. The highest BCUT2D eigenvalue weighted by Gasteiger charge is 2.25. The van der Waals surface area contributed by atoms with Gasteiger partial charge in [0.2, 0.25) is 11.9 Å². The Morgan fingerprint density at radius 2 is 1.80 bits per heavy atom. The number of fused-ring (bicyclic) bond motifs is 1. The van der Waals surface area contributed by atoms with Gasteiger partial charge < -0.3 is 24.0 Å². The van der Waals surface area contributed by atoms with Crippen LogP contribution in [0.4, 0.5) is 5.95 Å². The van der Waals surface area contributed by atoms with Gasteiger partial charge in [-0.15, -0.1) is 10.2 Å². The highest BCUT2D eigenvalue weighted by molar-refractivity contribution is 7.99. The largest absolute Gasteiger partial charge is 0.486 e. The second-order valence-corrected chi connectivity index (χ2v) is 9.46. The minimum absolute atomic E-state index is 0.000331. The van der Waals surface area contributed by atoms with Gasteiger partial charge in [-0.25, -0.2) is 0 Å². The van der Waals surface area contributed by atoms with Crippen LogP contribution in [0, 0.1) is 0 Å². The molecule has 2 aliphatic heterocycles. The van der Waals surface area contributed by atoms with Crippen LogP contribution in [-0.2, 0) is 16.1 Å². The molecule has 5 rings (SSSR count). The summed E-state index contributed by atoms with van der Waals surface area (Å²) in [6, 6.07) is 17.8. The summed E-state index contributed by atoms with van der Waals surface area (Å²) >= 11 is 1.41. The van der Waals surface area contributed by atoms with E-state index in [0.29, 0.717) is 38.7 Å². The highest BCUT2D eigenvalue weighted by Crippen LogP contribution is 2.31. The molecule has 1 fully saturated rings. The molecule has 35 heavy (non-hydrogen) atoms. The molecule has 1 atom stereocenters. The van der Waals surface area contributed by atoms with E-state index in [-0.39, 0.29) is 17.8 Å². The zero-order valence-corrected chi connectivity index (χ0v) is 20.5. The van der Waals surface area contributed by atoms with Crippen LogP contribution in [0.5, 0.6) is 11.5 Å². The van der Waals surface area contributed by atoms with E-state index in [0.717, 1.165) is 35.5 Å². The molecule has 0 spiro atoms. The van der Waals surface area contributed by atoms with E-state index < -0.39 is 0 Å². The lowest BCUT2D eigenvalue weighted by Crippen LogP contribution is -2.42. The number of ether oxygens (including phenoxy) is 3. The summed E-state index contributed by atoms with van der Waals surface area (Å²) in [6.07, 6.45) is -0.210. The smallest absolute Gasteiger partial charge is 0.232 e. The molecule has 3 heterocycles. The van der Waals surface area contributed by atoms with Gasteiger partial charge in [0.05, 0.1) is 32.1 Å². The molecule has 3 aromatic rings. The van der Waals surface area contributed by atoms with Crippen LogP contribution in [0.15, 0.2) is 59.8 Å². The SMILES string of the molecule is CN(C[C@H]1COc2ccccc2O1)C(=O)CSc1nnc(N2CCOCC2)n1Cc1ccccc1. The van der Waals surface area contributed by atoms with E-state index in [9.17, 15) is 4.79 Å². The van der Waals surface area contributed by atoms with Crippen LogP contribution < -0.4 is 14.4 Å². The van der Waals surface area contributed by atoms with Crippen LogP contribution in [0.25, 0.3) is 0 Å². The number of nitrogens with zero attached hydrogens (tertiary/aromatic N) is 5. The molecule has 1 amide bonds. The molecule has 0 aliphatic carbocycles. The number of aromatic nitrogens is 3. The Labute approximate surface area is 209 Å². The first kappa shape index (κ1) is 23.5. The molecule has 9 nitrogen and oxygen atoms in total. The predicted octanol–water partition coefficient (Wildman–Crippen LogP) is 2.55. The van der Waals surface area contributed by atoms with Crippen LogP contribution in [-0.4, -0.2) is 83.9 Å². The van der Waals surface area contributed by atoms with Gasteiger partial charge in [0, 0.05) is 20.1 Å². The van der Waals surface area contributed by atoms with Gasteiger partial charge in [-0.1, -0.05) is 54.2 Å². The average molecular weight is 496 g/mol. The molecule has 0 radical (unpaired) electrons. The zero-order chi connectivity index (χ0) is 24.0. The molecule has 184 valence electrons. The van der Waals surface area contributed by atoms with E-state index >= 15 is 0 Å². The summed E-state index contributed by atoms with van der Waals surface area (Å²) in [6.45, 7) is 4.37. The van der Waals surface area contributed by atoms with Crippen molar-refractivity contribution in [2.24, 2.45) is 0 Å². The van der Waals surface area contributed by atoms with Gasteiger partial charge >= 0.3 is 0 Å². The summed E-state index contributed by atoms with van der Waals surface area (Å²) in [5.74, 6) is 2.52. The van der Waals surface area contributed by atoms with Crippen LogP contribution in [0.3, 0.4) is 0 Å². The van der Waals surface area contributed by atoms with E-state index in [1.54, 1.807) is 11.9 Å². The van der Waals surface area contributed by atoms with Gasteiger partial charge in [0.1, 0.15) is 6.61 Å². The third-order valence-corrected chi connectivity index (χ3v) is 6.92. The average Bonchev–Trinajstić information content (AvgIpc) is 3.30. The summed E-state index contributed by atoms with van der Waals surface area (Å²) in [5, 5.41) is 9.64. The van der Waals surface area contributed by atoms with E-state index in [2.05, 4.69) is 31.8 Å². The summed E-state index contributed by atoms with van der Waals surface area (Å²) < 4.78 is 19.4. The van der Waals surface area contributed by atoms with Crippen molar-refractivity contribution in [3.8, 4) is 11.5 Å². The van der Waals surface area contributed by atoms with E-state index in [1.807, 2.05) is 42.5 Å². The lowest BCUT2D eigenvalue weighted by Gasteiger charge is -2.29. The topological polar surface area (TPSA) is 82.0 Å². The lowest BCUT2D eigenvalue weighted by atomic mass is 10.2. The minimum atomic E-state index is -0.210. The van der Waals surface area contributed by atoms with Crippen molar-refractivity contribution in [1.29, 1.82) is 0 Å². The molecular weight excluding hydrogens is 466 g/mol. The first-order valence-corrected chi connectivity index (χ1v) is 12.7. The van der Waals surface area contributed by atoms with Crippen LogP contribution in [0.2, 0.25) is 0 Å². The van der Waals surface area contributed by atoms with Crippen molar-refractivity contribution in [3.63, 3.8) is 0 Å². The highest BCUT2D eigenvalue weighted by atomic mass is 32.2. The summed E-state index contributed by atoms with van der Waals surface area (Å²) in [7, 11) is 1.79. The number of para-hydroxylation sites is 2. The number of morpholine rings is 1. The maximum Gasteiger partial charge on any atom is 0.232 e. The molecule has 0 unspecified atom stereocenters. The van der Waals surface area contributed by atoms with Crippen molar-refractivity contribution in [3.05, 3.63) is 60.2 Å². The van der Waals surface area contributed by atoms with Gasteiger partial charge in [-0.3, -0.25) is 9.36 Å². The third-order valence-electron chi connectivity index (χ3n) is 5.97. The number of hydrogen-bond donors (Lipinski definition) is 0. The van der Waals surface area contributed by atoms with Gasteiger partial charge in [0.25, 0.3) is 0 Å². The Morgan fingerprint density at radius 3 is 2.60 bits per heavy atom. The quantitative estimate of drug-likeness (QED) is 0.441. The van der Waals surface area contributed by atoms with Crippen molar-refractivity contribution in [2.75, 3.05) is 57.2 Å². The predicted molar refractivity (Wildman–Crippen MR) is 133 cm³/mol. The molecule has 1 aromatic heterocycles. The fourth-order valence-corrected chi connectivity index (χ4v) is 4.96. The lowest BCUT2D eigenvalue weighted by molar-refractivity contribution is -0.128. The zero-order valence-electron chi connectivity index (χ0n) is 19.7. The number of benzene rings is 2. The Morgan fingerprint density at radius 1 is 1.06 bits per heavy atom. The van der Waals surface area contributed by atoms with Crippen molar-refractivity contribution >= 4 is 23.6 Å². The number of rotatable bonds is 8. The molecule has 0 bridgehead atoms. The van der Waals surface area contributed by atoms with E-state index in [1.165, 1.54) is 11.8 Å². The van der Waals surface area contributed by atoms with Gasteiger partial charge in [-0.2, -0.15) is 0 Å². The first-order valence-electron chi connectivity index (χ1n) is 11.7. The maximum atomic E-state index is 12.9. The number of anilines is 1. The molecule has 2 aliphatic rings. The molecule has 0 N–H and O–H groups in total. The first-order chi connectivity index (χ1) is 17.2. The summed E-state index contributed by atoms with van der Waals surface area (Å²) in [5.41, 5.74) is 1.15. The molecule has 2 aromatic carbocycles. The Kier molecular flexibility index (Phi) is 7.39. The molecule has 10 heteroatoms. The number of carbonyl (C=O) groups excluding carboxylic acids is 1. The van der Waals surface area contributed by atoms with Gasteiger partial charge in [0.15, 0.2) is 22.8 Å². The Balaban J connectivity index is 1.23. The van der Waals surface area contributed by atoms with Crippen LogP contribution >= 0.6 is 11.8 Å². The second kappa shape index (κ2) is 11.0. The molecule has 1 saturated heterocycles. The number of likely N-dealkylation sites (N-methyl/N-ethyl adjacent to an activating group) is 1. The van der Waals surface area contributed by atoms with Crippen LogP contribution in [0.1, 0.15) is 5.56 Å². The standard InChI is InChI=1S/C25H29N5O4S/c1-28(16-20-17-33-21-9-5-6-10-22(21)34-20)23(31)18-35-25-27-26-24(29-11-13-32-14-12-29)30(25)15-19-7-3-2-4-8-19/h2-10,20H,11-18H2,1H3/t20-/m0/s1. The maximum absolute atomic E-state index is 12.9. The normalized spacial score (nSPS) is 17.3. The van der Waals surface area contributed by atoms with Gasteiger partial charge in [-0.05, 0) is 17.7 Å². The Hall–Kier alpha value is -3.24. The van der Waals surface area contributed by atoms with Crippen molar-refractivity contribution in [2.45, 2.75) is 17.8 Å². The minimum Gasteiger partial charge on any atom is -0.486 e. The molecule has 0 saturated carbocycles. The monoisotopic (exact) mass is 495 g/mol. The third kappa shape index (κ3) is 5.71. The number of thioether (sulfide) groups is 1.